The van der Waals surface area contributed by atoms with Crippen LogP contribution in [0.25, 0.3) is 17.0 Å². The quantitative estimate of drug-likeness (QED) is 0.437. The van der Waals surface area contributed by atoms with Crippen molar-refractivity contribution < 1.29 is 13.9 Å². The molecule has 0 aliphatic carbocycles. The van der Waals surface area contributed by atoms with Gasteiger partial charge >= 0.3 is 0 Å². The third-order valence-corrected chi connectivity index (χ3v) is 5.78. The molecule has 0 N–H and O–H groups in total. The van der Waals surface area contributed by atoms with E-state index in [-0.39, 0.29) is 16.9 Å². The number of benzene rings is 2. The molecule has 8 heteroatoms. The number of fused-ring (bicyclic) bond motifs is 1. The highest BCUT2D eigenvalue weighted by molar-refractivity contribution is 8.27. The molecule has 1 aliphatic rings. The van der Waals surface area contributed by atoms with Crippen LogP contribution in [0.4, 0.5) is 5.69 Å². The van der Waals surface area contributed by atoms with Gasteiger partial charge in [0.2, 0.25) is 0 Å². The maximum Gasteiger partial charge on any atom is 0.270 e. The second-order valence-electron chi connectivity index (χ2n) is 5.85. The van der Waals surface area contributed by atoms with Gasteiger partial charge in [-0.2, -0.15) is 0 Å². The Morgan fingerprint density at radius 2 is 2.00 bits per heavy atom. The molecule has 3 aromatic rings. The summed E-state index contributed by atoms with van der Waals surface area (Å²) in [4.78, 5) is 27.3. The van der Waals surface area contributed by atoms with E-state index in [0.717, 1.165) is 11.8 Å². The zero-order valence-electron chi connectivity index (χ0n) is 14.5. The van der Waals surface area contributed by atoms with Crippen LogP contribution in [0.1, 0.15) is 5.56 Å². The first kappa shape index (κ1) is 18.7. The number of hydrogen-bond acceptors (Lipinski definition) is 6. The summed E-state index contributed by atoms with van der Waals surface area (Å²) in [7, 11) is 1.51. The summed E-state index contributed by atoms with van der Waals surface area (Å²) in [6.07, 6.45) is 2.85. The van der Waals surface area contributed by atoms with Crippen LogP contribution in [-0.2, 0) is 4.79 Å². The molecule has 2 heterocycles. The summed E-state index contributed by atoms with van der Waals surface area (Å²) >= 11 is 12.6. The van der Waals surface area contributed by atoms with E-state index in [1.807, 2.05) is 0 Å². The van der Waals surface area contributed by atoms with Gasteiger partial charge in [-0.05, 0) is 36.4 Å². The van der Waals surface area contributed by atoms with Gasteiger partial charge in [0, 0.05) is 0 Å². The Bertz CT molecular complexity index is 1220. The van der Waals surface area contributed by atoms with Gasteiger partial charge in [-0.25, -0.2) is 0 Å². The molecule has 1 amide bonds. The number of hydrogen-bond donors (Lipinski definition) is 0. The van der Waals surface area contributed by atoms with E-state index >= 15 is 0 Å². The minimum atomic E-state index is -0.330. The zero-order valence-corrected chi connectivity index (χ0v) is 16.9. The molecular weight excluding hydrogens is 418 g/mol. The van der Waals surface area contributed by atoms with Crippen LogP contribution in [-0.4, -0.2) is 17.3 Å². The highest BCUT2D eigenvalue weighted by Gasteiger charge is 2.34. The molecule has 4 rings (SSSR count). The van der Waals surface area contributed by atoms with Gasteiger partial charge in [0.1, 0.15) is 17.6 Å². The van der Waals surface area contributed by atoms with Crippen LogP contribution in [0.2, 0.25) is 5.02 Å². The number of rotatable bonds is 3. The van der Waals surface area contributed by atoms with Gasteiger partial charge in [0.05, 0.1) is 33.7 Å². The predicted octanol–water partition coefficient (Wildman–Crippen LogP) is 4.86. The number of nitrogens with zero attached hydrogens (tertiary/aromatic N) is 1. The minimum absolute atomic E-state index is 0.209. The lowest BCUT2D eigenvalue weighted by atomic mass is 10.1. The van der Waals surface area contributed by atoms with Crippen molar-refractivity contribution in [1.29, 1.82) is 0 Å². The zero-order chi connectivity index (χ0) is 19.8. The number of anilines is 1. The molecule has 28 heavy (non-hydrogen) atoms. The first-order valence-electron chi connectivity index (χ1n) is 8.11. The van der Waals surface area contributed by atoms with Crippen LogP contribution in [0, 0.1) is 0 Å². The summed E-state index contributed by atoms with van der Waals surface area (Å²) in [6.45, 7) is 0. The maximum atomic E-state index is 12.9. The summed E-state index contributed by atoms with van der Waals surface area (Å²) in [5, 5.41) is 0.821. The fourth-order valence-electron chi connectivity index (χ4n) is 2.82. The third-order valence-electron chi connectivity index (χ3n) is 4.18. The Morgan fingerprint density at radius 1 is 1.21 bits per heavy atom. The number of carbonyl (C=O) groups excluding carboxylic acids is 1. The van der Waals surface area contributed by atoms with E-state index in [0.29, 0.717) is 36.7 Å². The normalized spacial score (nSPS) is 15.6. The Balaban J connectivity index is 1.72. The first-order chi connectivity index (χ1) is 13.5. The second kappa shape index (κ2) is 7.43. The molecule has 1 aromatic heterocycles. The monoisotopic (exact) mass is 429 g/mol. The number of halogens is 1. The average molecular weight is 430 g/mol. The lowest BCUT2D eigenvalue weighted by Gasteiger charge is -2.15. The molecule has 1 aliphatic heterocycles. The fourth-order valence-corrected chi connectivity index (χ4v) is 4.36. The fraction of sp³-hybridized carbons (Fsp3) is 0.0500. The van der Waals surface area contributed by atoms with E-state index in [2.05, 4.69) is 0 Å². The van der Waals surface area contributed by atoms with Gasteiger partial charge in [-0.15, -0.1) is 0 Å². The molecule has 0 atom stereocenters. The summed E-state index contributed by atoms with van der Waals surface area (Å²) in [5.74, 6) is 0.170. The van der Waals surface area contributed by atoms with Crippen molar-refractivity contribution in [2.75, 3.05) is 12.0 Å². The Kier molecular flexibility index (Phi) is 4.97. The molecule has 140 valence electrons. The van der Waals surface area contributed by atoms with Gasteiger partial charge < -0.3 is 9.15 Å². The number of ether oxygens (including phenoxy) is 1. The van der Waals surface area contributed by atoms with Crippen LogP contribution in [0.15, 0.2) is 62.8 Å². The second-order valence-corrected chi connectivity index (χ2v) is 7.94. The molecular formula is C20H12ClNO4S2. The highest BCUT2D eigenvalue weighted by Crippen LogP contribution is 2.38. The Morgan fingerprint density at radius 3 is 2.75 bits per heavy atom. The van der Waals surface area contributed by atoms with Gasteiger partial charge in [0.15, 0.2) is 9.75 Å². The lowest BCUT2D eigenvalue weighted by Crippen LogP contribution is -2.27. The molecule has 0 unspecified atom stereocenters. The number of para-hydroxylation sites is 1. The average Bonchev–Trinajstić information content (AvgIpc) is 2.97. The third kappa shape index (κ3) is 3.22. The Hall–Kier alpha value is -2.61. The van der Waals surface area contributed by atoms with Gasteiger partial charge in [-0.1, -0.05) is 47.7 Å². The molecule has 2 aromatic carbocycles. The highest BCUT2D eigenvalue weighted by atomic mass is 35.5. The molecule has 0 saturated carbocycles. The number of thioether (sulfide) groups is 1. The van der Waals surface area contributed by atoms with Gasteiger partial charge in [-0.3, -0.25) is 14.5 Å². The summed E-state index contributed by atoms with van der Waals surface area (Å²) in [5.41, 5.74) is 1.10. The number of carbonyl (C=O) groups is 1. The van der Waals surface area contributed by atoms with Crippen LogP contribution < -0.4 is 15.1 Å². The van der Waals surface area contributed by atoms with E-state index in [1.165, 1.54) is 24.3 Å². The van der Waals surface area contributed by atoms with Crippen LogP contribution in [0.5, 0.6) is 5.75 Å². The summed E-state index contributed by atoms with van der Waals surface area (Å²) < 4.78 is 11.0. The van der Waals surface area contributed by atoms with Crippen LogP contribution >= 0.6 is 35.6 Å². The number of methoxy groups -OCH3 is 1. The van der Waals surface area contributed by atoms with Crippen molar-refractivity contribution in [2.24, 2.45) is 0 Å². The molecule has 1 saturated heterocycles. The van der Waals surface area contributed by atoms with E-state index < -0.39 is 0 Å². The molecule has 0 radical (unpaired) electrons. The first-order valence-corrected chi connectivity index (χ1v) is 9.72. The molecule has 0 spiro atoms. The molecule has 1 fully saturated rings. The van der Waals surface area contributed by atoms with Crippen molar-refractivity contribution >= 4 is 68.5 Å². The topological polar surface area (TPSA) is 59.8 Å². The predicted molar refractivity (Wildman–Crippen MR) is 116 cm³/mol. The van der Waals surface area contributed by atoms with Crippen molar-refractivity contribution in [1.82, 2.24) is 0 Å². The lowest BCUT2D eigenvalue weighted by molar-refractivity contribution is -0.113. The molecule has 0 bridgehead atoms. The van der Waals surface area contributed by atoms with E-state index in [4.69, 9.17) is 33.0 Å². The minimum Gasteiger partial charge on any atom is -0.495 e. The molecule has 5 nitrogen and oxygen atoms in total. The van der Waals surface area contributed by atoms with Crippen molar-refractivity contribution in [3.05, 3.63) is 74.4 Å². The Labute approximate surface area is 174 Å². The van der Waals surface area contributed by atoms with E-state index in [1.54, 1.807) is 42.5 Å². The number of amides is 1. The van der Waals surface area contributed by atoms with Gasteiger partial charge in [0.25, 0.3) is 5.91 Å². The van der Waals surface area contributed by atoms with Crippen molar-refractivity contribution in [3.8, 4) is 5.75 Å². The standard InChI is InChI=1S/C20H12ClNO4S2/c1-25-16-7-6-12(9-14(16)21)22-19(24)17(28-20(22)27)8-11-10-26-15-5-3-2-4-13(15)18(11)23/h2-10H,1H3/b17-8-. The maximum absolute atomic E-state index is 12.9. The van der Waals surface area contributed by atoms with Crippen molar-refractivity contribution in [2.45, 2.75) is 0 Å². The van der Waals surface area contributed by atoms with Crippen LogP contribution in [0.3, 0.4) is 0 Å². The largest absolute Gasteiger partial charge is 0.495 e. The van der Waals surface area contributed by atoms with E-state index in [9.17, 15) is 9.59 Å². The summed E-state index contributed by atoms with van der Waals surface area (Å²) in [6, 6.07) is 11.9. The smallest absolute Gasteiger partial charge is 0.270 e. The SMILES string of the molecule is COc1ccc(N2C(=O)/C(=C/c3coc4ccccc4c3=O)SC2=S)cc1Cl. The number of thiocarbonyl (C=S) groups is 1. The van der Waals surface area contributed by atoms with Crippen molar-refractivity contribution in [3.63, 3.8) is 0 Å².